The first-order chi connectivity index (χ1) is 13.9. The lowest BCUT2D eigenvalue weighted by Crippen LogP contribution is -2.51. The number of amides is 2. The van der Waals surface area contributed by atoms with Crippen molar-refractivity contribution in [2.75, 3.05) is 53.4 Å². The molecule has 1 saturated carbocycles. The van der Waals surface area contributed by atoms with Crippen LogP contribution in [-0.2, 0) is 9.53 Å². The monoisotopic (exact) mass is 407 g/mol. The number of aliphatic imine (C=N–C) groups is 1. The summed E-state index contributed by atoms with van der Waals surface area (Å²) < 4.78 is 5.11. The van der Waals surface area contributed by atoms with Crippen LogP contribution in [0.25, 0.3) is 0 Å². The summed E-state index contributed by atoms with van der Waals surface area (Å²) in [4.78, 5) is 34.4. The Morgan fingerprint density at radius 1 is 1.10 bits per heavy atom. The lowest BCUT2D eigenvalue weighted by atomic mass is 9.86. The van der Waals surface area contributed by atoms with E-state index < -0.39 is 0 Å². The SMILES string of the molecule is CCOC(=O)N1CCC(NC(=NCC(=O)N(C)C)N2CCC3(CCCC3)C2)CC1. The summed E-state index contributed by atoms with van der Waals surface area (Å²) in [6, 6.07) is 0.258. The van der Waals surface area contributed by atoms with Crippen molar-refractivity contribution in [1.82, 2.24) is 20.0 Å². The number of guanidine groups is 1. The van der Waals surface area contributed by atoms with Crippen molar-refractivity contribution in [3.8, 4) is 0 Å². The van der Waals surface area contributed by atoms with Gasteiger partial charge in [-0.3, -0.25) is 4.79 Å². The summed E-state index contributed by atoms with van der Waals surface area (Å²) in [5, 5.41) is 3.62. The van der Waals surface area contributed by atoms with E-state index in [0.29, 0.717) is 25.1 Å². The predicted octanol–water partition coefficient (Wildman–Crippen LogP) is 1.91. The molecule has 29 heavy (non-hydrogen) atoms. The van der Waals surface area contributed by atoms with Crippen molar-refractivity contribution in [2.45, 2.75) is 57.9 Å². The van der Waals surface area contributed by atoms with Crippen LogP contribution in [-0.4, -0.2) is 92.1 Å². The minimum atomic E-state index is -0.223. The molecule has 8 heteroatoms. The van der Waals surface area contributed by atoms with Gasteiger partial charge in [-0.05, 0) is 44.4 Å². The summed E-state index contributed by atoms with van der Waals surface area (Å²) in [7, 11) is 3.53. The number of carbonyl (C=O) groups excluding carboxylic acids is 2. The average Bonchev–Trinajstić information content (AvgIpc) is 3.35. The number of likely N-dealkylation sites (tertiary alicyclic amines) is 2. The Kier molecular flexibility index (Phi) is 7.24. The smallest absolute Gasteiger partial charge is 0.409 e. The fraction of sp³-hybridized carbons (Fsp3) is 0.857. The van der Waals surface area contributed by atoms with Gasteiger partial charge in [0.15, 0.2) is 5.96 Å². The van der Waals surface area contributed by atoms with Gasteiger partial charge in [-0.1, -0.05) is 12.8 Å². The number of ether oxygens (including phenoxy) is 1. The Balaban J connectivity index is 1.61. The molecule has 1 spiro atoms. The highest BCUT2D eigenvalue weighted by atomic mass is 16.6. The van der Waals surface area contributed by atoms with E-state index >= 15 is 0 Å². The van der Waals surface area contributed by atoms with Crippen LogP contribution >= 0.6 is 0 Å². The third-order valence-electron chi connectivity index (χ3n) is 6.62. The normalized spacial score (nSPS) is 22.2. The summed E-state index contributed by atoms with van der Waals surface area (Å²) >= 11 is 0. The lowest BCUT2D eigenvalue weighted by Gasteiger charge is -2.34. The Bertz CT molecular complexity index is 607. The van der Waals surface area contributed by atoms with Gasteiger partial charge in [-0.2, -0.15) is 0 Å². The van der Waals surface area contributed by atoms with E-state index in [4.69, 9.17) is 9.73 Å². The molecule has 0 atom stereocenters. The number of hydrogen-bond donors (Lipinski definition) is 1. The van der Waals surface area contributed by atoms with Gasteiger partial charge >= 0.3 is 6.09 Å². The van der Waals surface area contributed by atoms with Crippen molar-refractivity contribution in [3.63, 3.8) is 0 Å². The molecule has 1 N–H and O–H groups in total. The Morgan fingerprint density at radius 3 is 2.41 bits per heavy atom. The molecule has 3 aliphatic rings. The quantitative estimate of drug-likeness (QED) is 0.569. The first-order valence-corrected chi connectivity index (χ1v) is 11.1. The number of carbonyl (C=O) groups is 2. The second kappa shape index (κ2) is 9.67. The number of piperidine rings is 1. The lowest BCUT2D eigenvalue weighted by molar-refractivity contribution is -0.127. The minimum Gasteiger partial charge on any atom is -0.450 e. The molecule has 164 valence electrons. The van der Waals surface area contributed by atoms with E-state index in [0.717, 1.165) is 31.9 Å². The van der Waals surface area contributed by atoms with Crippen molar-refractivity contribution in [1.29, 1.82) is 0 Å². The first-order valence-electron chi connectivity index (χ1n) is 11.1. The van der Waals surface area contributed by atoms with Crippen molar-refractivity contribution in [3.05, 3.63) is 0 Å². The Hall–Kier alpha value is -1.99. The summed E-state index contributed by atoms with van der Waals surface area (Å²) in [5.41, 5.74) is 0.446. The molecular weight excluding hydrogens is 370 g/mol. The molecule has 0 aromatic carbocycles. The van der Waals surface area contributed by atoms with Gasteiger partial charge in [0.05, 0.1) is 6.61 Å². The molecule has 0 radical (unpaired) electrons. The molecule has 0 aromatic rings. The third-order valence-corrected chi connectivity index (χ3v) is 6.62. The second-order valence-corrected chi connectivity index (χ2v) is 8.91. The van der Waals surface area contributed by atoms with Crippen molar-refractivity contribution in [2.24, 2.45) is 10.4 Å². The molecule has 8 nitrogen and oxygen atoms in total. The highest BCUT2D eigenvalue weighted by Gasteiger charge is 2.41. The molecule has 2 aliphatic heterocycles. The van der Waals surface area contributed by atoms with E-state index in [9.17, 15) is 9.59 Å². The van der Waals surface area contributed by atoms with Gasteiger partial charge in [0, 0.05) is 46.3 Å². The van der Waals surface area contributed by atoms with E-state index in [-0.39, 0.29) is 24.6 Å². The maximum atomic E-state index is 12.1. The largest absolute Gasteiger partial charge is 0.450 e. The maximum absolute atomic E-state index is 12.1. The number of rotatable bonds is 4. The topological polar surface area (TPSA) is 77.5 Å². The predicted molar refractivity (Wildman–Crippen MR) is 113 cm³/mol. The number of nitrogens with zero attached hydrogens (tertiary/aromatic N) is 4. The molecule has 2 amide bonds. The first kappa shape index (κ1) is 21.7. The van der Waals surface area contributed by atoms with Crippen LogP contribution in [0.1, 0.15) is 51.9 Å². The number of hydrogen-bond acceptors (Lipinski definition) is 4. The van der Waals surface area contributed by atoms with E-state index in [1.807, 2.05) is 6.92 Å². The number of likely N-dealkylation sites (N-methyl/N-ethyl adjacent to an activating group) is 1. The van der Waals surface area contributed by atoms with Crippen molar-refractivity contribution < 1.29 is 14.3 Å². The summed E-state index contributed by atoms with van der Waals surface area (Å²) in [6.45, 7) is 5.82. The maximum Gasteiger partial charge on any atom is 0.409 e. The van der Waals surface area contributed by atoms with Gasteiger partial charge in [0.2, 0.25) is 5.91 Å². The van der Waals surface area contributed by atoms with Crippen molar-refractivity contribution >= 4 is 18.0 Å². The average molecular weight is 408 g/mol. The van der Waals surface area contributed by atoms with Crippen LogP contribution in [0.4, 0.5) is 4.79 Å². The van der Waals surface area contributed by atoms with Crippen LogP contribution < -0.4 is 5.32 Å². The Morgan fingerprint density at radius 2 is 1.79 bits per heavy atom. The van der Waals surface area contributed by atoms with E-state index in [1.165, 1.54) is 32.1 Å². The second-order valence-electron chi connectivity index (χ2n) is 8.91. The molecule has 0 bridgehead atoms. The van der Waals surface area contributed by atoms with Gasteiger partial charge in [-0.25, -0.2) is 9.79 Å². The molecule has 3 fully saturated rings. The van der Waals surface area contributed by atoms with Crippen LogP contribution in [0.5, 0.6) is 0 Å². The molecule has 2 heterocycles. The van der Waals surface area contributed by atoms with Crippen LogP contribution in [0, 0.1) is 5.41 Å². The third kappa shape index (κ3) is 5.54. The summed E-state index contributed by atoms with van der Waals surface area (Å²) in [5.74, 6) is 0.870. The highest BCUT2D eigenvalue weighted by Crippen LogP contribution is 2.45. The standard InChI is InChI=1S/C21H37N5O3/c1-4-29-20(28)25-12-7-17(8-13-25)23-19(22-15-18(27)24(2)3)26-14-11-21(16-26)9-5-6-10-21/h17H,4-16H2,1-3H3,(H,22,23). The molecule has 0 aromatic heterocycles. The van der Waals surface area contributed by atoms with Crippen LogP contribution in [0.15, 0.2) is 4.99 Å². The van der Waals surface area contributed by atoms with Gasteiger partial charge in [0.25, 0.3) is 0 Å². The van der Waals surface area contributed by atoms with E-state index in [1.54, 1.807) is 23.9 Å². The minimum absolute atomic E-state index is 0.0104. The fourth-order valence-corrected chi connectivity index (χ4v) is 4.77. The summed E-state index contributed by atoms with van der Waals surface area (Å²) in [6.07, 6.45) is 8.00. The molecule has 3 rings (SSSR count). The van der Waals surface area contributed by atoms with Gasteiger partial charge < -0.3 is 24.8 Å². The highest BCUT2D eigenvalue weighted by molar-refractivity contribution is 5.85. The molecule has 1 aliphatic carbocycles. The zero-order valence-electron chi connectivity index (χ0n) is 18.3. The number of nitrogens with one attached hydrogen (secondary N) is 1. The van der Waals surface area contributed by atoms with Crippen LogP contribution in [0.2, 0.25) is 0 Å². The Labute approximate surface area is 174 Å². The van der Waals surface area contributed by atoms with E-state index in [2.05, 4.69) is 10.2 Å². The zero-order chi connectivity index (χ0) is 20.9. The molecule has 2 saturated heterocycles. The molecular formula is C21H37N5O3. The van der Waals surface area contributed by atoms with Gasteiger partial charge in [0.1, 0.15) is 6.54 Å². The molecule has 0 unspecified atom stereocenters. The van der Waals surface area contributed by atoms with Crippen LogP contribution in [0.3, 0.4) is 0 Å². The fourth-order valence-electron chi connectivity index (χ4n) is 4.77. The zero-order valence-corrected chi connectivity index (χ0v) is 18.3. The van der Waals surface area contributed by atoms with Gasteiger partial charge in [-0.15, -0.1) is 0 Å².